The highest BCUT2D eigenvalue weighted by atomic mass is 35.5. The van der Waals surface area contributed by atoms with Gasteiger partial charge in [0.05, 0.1) is 0 Å². The molecule has 0 bridgehead atoms. The molecule has 0 radical (unpaired) electrons. The van der Waals surface area contributed by atoms with Gasteiger partial charge in [0.15, 0.2) is 10.8 Å². The molecule has 42 heavy (non-hydrogen) atoms. The third kappa shape index (κ3) is 6.13. The smallest absolute Gasteiger partial charge is 0.352 e. The third-order valence-electron chi connectivity index (χ3n) is 6.44. The number of rotatable bonds is 12. The topological polar surface area (TPSA) is 204 Å². The lowest BCUT2D eigenvalue weighted by Gasteiger charge is -2.49. The van der Waals surface area contributed by atoms with Crippen molar-refractivity contribution in [2.45, 2.75) is 24.8 Å². The summed E-state index contributed by atoms with van der Waals surface area (Å²) in [5, 5.41) is 22.9. The first-order valence-corrected chi connectivity index (χ1v) is 14.7. The second-order valence-electron chi connectivity index (χ2n) is 9.13. The van der Waals surface area contributed by atoms with Gasteiger partial charge in [0, 0.05) is 36.6 Å². The minimum atomic E-state index is -1.21. The minimum absolute atomic E-state index is 0. The van der Waals surface area contributed by atoms with Gasteiger partial charge in [-0.15, -0.1) is 35.5 Å². The Morgan fingerprint density at radius 2 is 2.14 bits per heavy atom. The van der Waals surface area contributed by atoms with E-state index in [9.17, 15) is 19.5 Å². The molecule has 2 amide bonds. The Hall–Kier alpha value is -3.93. The summed E-state index contributed by atoms with van der Waals surface area (Å²) < 4.78 is 0. The molecule has 1 saturated heterocycles. The summed E-state index contributed by atoms with van der Waals surface area (Å²) in [5.74, 6) is -0.408. The van der Waals surface area contributed by atoms with E-state index >= 15 is 0 Å². The predicted molar refractivity (Wildman–Crippen MR) is 160 cm³/mol. The molecule has 0 aromatic carbocycles. The van der Waals surface area contributed by atoms with Crippen LogP contribution in [0.1, 0.15) is 19.0 Å². The van der Waals surface area contributed by atoms with Crippen molar-refractivity contribution in [3.63, 3.8) is 0 Å². The summed E-state index contributed by atoms with van der Waals surface area (Å²) in [6.45, 7) is 3.53. The number of anilines is 1. The van der Waals surface area contributed by atoms with Crippen molar-refractivity contribution in [3.05, 3.63) is 58.5 Å². The van der Waals surface area contributed by atoms with Gasteiger partial charge in [-0.05, 0) is 37.6 Å². The number of nitrogens with one attached hydrogen (secondary N) is 3. The van der Waals surface area contributed by atoms with Gasteiger partial charge >= 0.3 is 5.97 Å². The van der Waals surface area contributed by atoms with E-state index in [1.165, 1.54) is 16.7 Å². The Morgan fingerprint density at radius 1 is 1.33 bits per heavy atom. The number of β-lactam (4-membered cyclic amide) rings is 1. The first-order chi connectivity index (χ1) is 19.8. The van der Waals surface area contributed by atoms with Crippen LogP contribution in [-0.2, 0) is 19.2 Å². The molecule has 5 heterocycles. The first kappa shape index (κ1) is 31.0. The second kappa shape index (κ2) is 13.4. The van der Waals surface area contributed by atoms with Crippen LogP contribution in [0.4, 0.5) is 5.13 Å². The van der Waals surface area contributed by atoms with E-state index in [4.69, 9.17) is 16.3 Å². The zero-order valence-electron chi connectivity index (χ0n) is 22.5. The number of thiazole rings is 1. The lowest BCUT2D eigenvalue weighted by Crippen LogP contribution is -2.71. The number of oxime groups is 1. The number of nitrogen functional groups attached to an aromatic ring is 1. The van der Waals surface area contributed by atoms with E-state index in [2.05, 4.69) is 26.2 Å². The van der Waals surface area contributed by atoms with Crippen molar-refractivity contribution in [3.8, 4) is 0 Å². The van der Waals surface area contributed by atoms with Crippen LogP contribution in [-0.4, -0.2) is 91.8 Å². The van der Waals surface area contributed by atoms with Crippen LogP contribution in [0.15, 0.2) is 58.0 Å². The average molecular weight is 639 g/mol. The first-order valence-electron chi connectivity index (χ1n) is 12.8. The SMILES string of the molecule is CCO/N=C(\C(=O)N[C@@H]1C(=O)N2C(C(=O)O)=C(CN3C=CN4NC(NCCCN)=CC=C34)CS[C@@H]12)c1csc(N)n1.Cl. The van der Waals surface area contributed by atoms with Crippen LogP contribution in [0.3, 0.4) is 0 Å². The molecule has 0 unspecified atom stereocenters. The van der Waals surface area contributed by atoms with Gasteiger partial charge in [-0.3, -0.25) is 19.9 Å². The lowest BCUT2D eigenvalue weighted by molar-refractivity contribution is -0.150. The number of aliphatic carboxylic acids is 1. The third-order valence-corrected chi connectivity index (χ3v) is 8.45. The molecule has 4 aliphatic heterocycles. The standard InChI is InChI=1S/C24H30N10O5S2.ClH/c1-2-39-31-17(14-12-41-24(26)28-14)20(35)29-18-21(36)34-19(23(37)38)13(11-40-22(18)34)10-32-8-9-33-16(32)5-4-15(30-33)27-7-3-6-25;/h4-5,8-9,12,18,22,27,30H,2-3,6-7,10-11,25H2,1H3,(H2,26,28)(H,29,35)(H,37,38);1H/b31-17-;/t18-,22+;/m1./s1. The van der Waals surface area contributed by atoms with Gasteiger partial charge in [-0.1, -0.05) is 5.16 Å². The number of fused-ring (bicyclic) bond motifs is 2. The molecule has 0 spiro atoms. The van der Waals surface area contributed by atoms with Gasteiger partial charge in [0.25, 0.3) is 11.8 Å². The maximum absolute atomic E-state index is 13.2. The number of aromatic nitrogens is 1. The van der Waals surface area contributed by atoms with Crippen LogP contribution < -0.4 is 27.5 Å². The van der Waals surface area contributed by atoms with Gasteiger partial charge < -0.3 is 36.9 Å². The summed E-state index contributed by atoms with van der Waals surface area (Å²) in [7, 11) is 0. The van der Waals surface area contributed by atoms with Crippen LogP contribution in [0, 0.1) is 0 Å². The molecule has 8 N–H and O–H groups in total. The Bertz CT molecular complexity index is 1390. The van der Waals surface area contributed by atoms with E-state index in [0.29, 0.717) is 17.9 Å². The lowest BCUT2D eigenvalue weighted by atomic mass is 10.0. The van der Waals surface area contributed by atoms with Crippen molar-refractivity contribution >= 4 is 64.1 Å². The summed E-state index contributed by atoms with van der Waals surface area (Å²) in [4.78, 5) is 50.9. The Labute approximate surface area is 255 Å². The number of nitrogens with zero attached hydrogens (tertiary/aromatic N) is 5. The molecule has 226 valence electrons. The highest BCUT2D eigenvalue weighted by Gasteiger charge is 2.54. The minimum Gasteiger partial charge on any atom is -0.477 e. The number of carbonyl (C=O) groups is 3. The van der Waals surface area contributed by atoms with Crippen molar-refractivity contribution in [1.29, 1.82) is 0 Å². The number of allylic oxidation sites excluding steroid dienone is 2. The van der Waals surface area contributed by atoms with Crippen molar-refractivity contribution < 1.29 is 24.3 Å². The number of hydrogen-bond donors (Lipinski definition) is 6. The number of thioether (sulfide) groups is 1. The number of carboxylic acid groups (broad SMARTS) is 1. The van der Waals surface area contributed by atoms with Crippen molar-refractivity contribution in [1.82, 2.24) is 35.9 Å². The monoisotopic (exact) mass is 638 g/mol. The number of hydrazine groups is 1. The molecule has 2 atom stereocenters. The molecule has 1 fully saturated rings. The number of amides is 2. The molecule has 0 saturated carbocycles. The fraction of sp³-hybridized carbons (Fsp3) is 0.375. The van der Waals surface area contributed by atoms with Crippen molar-refractivity contribution in [2.24, 2.45) is 10.9 Å². The zero-order chi connectivity index (χ0) is 29.1. The van der Waals surface area contributed by atoms with E-state index in [0.717, 1.165) is 35.9 Å². The maximum Gasteiger partial charge on any atom is 0.352 e. The molecule has 5 rings (SSSR count). The summed E-state index contributed by atoms with van der Waals surface area (Å²) in [6, 6.07) is -0.936. The normalized spacial score (nSPS) is 21.0. The van der Waals surface area contributed by atoms with Gasteiger partial charge in [0.2, 0.25) is 0 Å². The molecule has 18 heteroatoms. The van der Waals surface area contributed by atoms with Crippen LogP contribution in [0.5, 0.6) is 0 Å². The van der Waals surface area contributed by atoms with E-state index in [1.807, 2.05) is 34.5 Å². The highest BCUT2D eigenvalue weighted by molar-refractivity contribution is 8.00. The van der Waals surface area contributed by atoms with Gasteiger partial charge in [0.1, 0.15) is 41.1 Å². The predicted octanol–water partition coefficient (Wildman–Crippen LogP) is -0.145. The molecular formula is C24H31ClN10O5S2. The zero-order valence-corrected chi connectivity index (χ0v) is 24.9. The fourth-order valence-corrected chi connectivity index (χ4v) is 6.42. The van der Waals surface area contributed by atoms with Crippen LogP contribution in [0.25, 0.3) is 0 Å². The van der Waals surface area contributed by atoms with E-state index in [-0.39, 0.29) is 47.8 Å². The Kier molecular flexibility index (Phi) is 9.87. The summed E-state index contributed by atoms with van der Waals surface area (Å²) >= 11 is 2.52. The molecular weight excluding hydrogens is 608 g/mol. The highest BCUT2D eigenvalue weighted by Crippen LogP contribution is 2.41. The Morgan fingerprint density at radius 3 is 2.83 bits per heavy atom. The average Bonchev–Trinajstić information content (AvgIpc) is 3.57. The molecule has 4 aliphatic rings. The summed E-state index contributed by atoms with van der Waals surface area (Å²) in [5.41, 5.74) is 15.1. The van der Waals surface area contributed by atoms with Crippen molar-refractivity contribution in [2.75, 3.05) is 37.7 Å². The second-order valence-corrected chi connectivity index (χ2v) is 11.1. The van der Waals surface area contributed by atoms with E-state index < -0.39 is 29.2 Å². The quantitative estimate of drug-likeness (QED) is 0.0764. The number of halogens is 1. The fourth-order valence-electron chi connectivity index (χ4n) is 4.54. The van der Waals surface area contributed by atoms with Crippen LogP contribution in [0.2, 0.25) is 0 Å². The largest absolute Gasteiger partial charge is 0.477 e. The number of hydrogen-bond acceptors (Lipinski definition) is 14. The van der Waals surface area contributed by atoms with Gasteiger partial charge in [-0.25, -0.2) is 14.8 Å². The number of nitrogens with two attached hydrogens (primary N) is 2. The molecule has 1 aromatic rings. The Balaban J connectivity index is 0.00000405. The van der Waals surface area contributed by atoms with Crippen LogP contribution >= 0.6 is 35.5 Å². The molecule has 1 aromatic heterocycles. The van der Waals surface area contributed by atoms with Gasteiger partial charge in [-0.2, -0.15) is 0 Å². The summed E-state index contributed by atoms with van der Waals surface area (Å²) in [6.07, 6.45) is 8.32. The molecule has 15 nitrogen and oxygen atoms in total. The number of carboxylic acids is 1. The number of carbonyl (C=O) groups excluding carboxylic acids is 2. The van der Waals surface area contributed by atoms with E-state index in [1.54, 1.807) is 12.3 Å². The maximum atomic E-state index is 13.2. The molecule has 0 aliphatic carbocycles.